The number of hydrogen-bond donors (Lipinski definition) is 2. The Morgan fingerprint density at radius 2 is 1.61 bits per heavy atom. The number of benzene rings is 2. The Bertz CT molecular complexity index is 1450. The van der Waals surface area contributed by atoms with Crippen LogP contribution in [0.25, 0.3) is 0 Å². The fraction of sp³-hybridized carbons (Fsp3) is 0.286. The smallest absolute Gasteiger partial charge is 0.255 e. The fourth-order valence-electron chi connectivity index (χ4n) is 4.38. The lowest BCUT2D eigenvalue weighted by Gasteiger charge is -2.30. The highest BCUT2D eigenvalue weighted by atomic mass is 32.2. The van der Waals surface area contributed by atoms with Crippen molar-refractivity contribution in [3.8, 4) is 0 Å². The van der Waals surface area contributed by atoms with Crippen molar-refractivity contribution in [3.63, 3.8) is 0 Å². The molecule has 0 saturated carbocycles. The van der Waals surface area contributed by atoms with Crippen LogP contribution in [0, 0.1) is 19.8 Å². The molecular formula is C28H31N5O4S. The first-order valence-electron chi connectivity index (χ1n) is 12.4. The molecule has 0 aliphatic carbocycles. The molecule has 2 heterocycles. The lowest BCUT2D eigenvalue weighted by atomic mass is 9.98. The first-order valence-corrected chi connectivity index (χ1v) is 13.8. The summed E-state index contributed by atoms with van der Waals surface area (Å²) in [5.41, 5.74) is 6.91. The summed E-state index contributed by atoms with van der Waals surface area (Å²) in [4.78, 5) is 29.2. The minimum atomic E-state index is -3.60. The molecule has 1 aliphatic heterocycles. The van der Waals surface area contributed by atoms with E-state index in [1.807, 2.05) is 25.1 Å². The van der Waals surface area contributed by atoms with E-state index in [9.17, 15) is 18.0 Å². The number of pyridine rings is 1. The Morgan fingerprint density at radius 3 is 2.24 bits per heavy atom. The molecule has 1 aromatic heterocycles. The maximum Gasteiger partial charge on any atom is 0.255 e. The van der Waals surface area contributed by atoms with E-state index < -0.39 is 10.0 Å². The molecule has 10 heteroatoms. The molecule has 38 heavy (non-hydrogen) atoms. The summed E-state index contributed by atoms with van der Waals surface area (Å²) in [6, 6.07) is 15.7. The highest BCUT2D eigenvalue weighted by Crippen LogP contribution is 2.26. The number of rotatable bonds is 7. The van der Waals surface area contributed by atoms with Gasteiger partial charge in [0.2, 0.25) is 15.9 Å². The van der Waals surface area contributed by atoms with Crippen LogP contribution >= 0.6 is 0 Å². The van der Waals surface area contributed by atoms with Gasteiger partial charge in [-0.1, -0.05) is 29.8 Å². The van der Waals surface area contributed by atoms with Crippen LogP contribution in [0.4, 0.5) is 5.69 Å². The van der Waals surface area contributed by atoms with Crippen LogP contribution in [0.2, 0.25) is 0 Å². The molecule has 2 N–H and O–H groups in total. The molecule has 2 aromatic carbocycles. The number of carbonyl (C=O) groups is 2. The maximum atomic E-state index is 13.1. The van der Waals surface area contributed by atoms with Gasteiger partial charge in [-0.3, -0.25) is 14.6 Å². The molecule has 9 nitrogen and oxygen atoms in total. The zero-order valence-corrected chi connectivity index (χ0v) is 22.5. The van der Waals surface area contributed by atoms with Crippen molar-refractivity contribution in [3.05, 3.63) is 89.2 Å². The third-order valence-corrected chi connectivity index (χ3v) is 8.67. The number of piperidine rings is 1. The van der Waals surface area contributed by atoms with Gasteiger partial charge in [-0.05, 0) is 75.1 Å². The van der Waals surface area contributed by atoms with Crippen molar-refractivity contribution in [2.75, 3.05) is 18.4 Å². The Labute approximate surface area is 223 Å². The number of carbonyl (C=O) groups excluding carboxylic acids is 2. The molecule has 3 aromatic rings. The molecule has 0 atom stereocenters. The molecule has 1 saturated heterocycles. The summed E-state index contributed by atoms with van der Waals surface area (Å²) in [5, 5.41) is 7.06. The van der Waals surface area contributed by atoms with Crippen molar-refractivity contribution in [1.82, 2.24) is 14.7 Å². The van der Waals surface area contributed by atoms with E-state index in [1.165, 1.54) is 4.31 Å². The van der Waals surface area contributed by atoms with Crippen LogP contribution in [0.1, 0.15) is 46.8 Å². The summed E-state index contributed by atoms with van der Waals surface area (Å²) in [6.45, 7) is 6.07. The first kappa shape index (κ1) is 27.2. The first-order chi connectivity index (χ1) is 18.1. The number of aryl methyl sites for hydroxylation is 2. The van der Waals surface area contributed by atoms with Crippen LogP contribution < -0.4 is 10.7 Å². The number of anilines is 1. The van der Waals surface area contributed by atoms with Gasteiger partial charge in [-0.2, -0.15) is 9.41 Å². The summed E-state index contributed by atoms with van der Waals surface area (Å²) < 4.78 is 27.7. The Balaban J connectivity index is 1.30. The summed E-state index contributed by atoms with van der Waals surface area (Å²) in [6.07, 6.45) is 3.97. The van der Waals surface area contributed by atoms with E-state index >= 15 is 0 Å². The molecule has 0 spiro atoms. The van der Waals surface area contributed by atoms with Crippen molar-refractivity contribution >= 4 is 33.2 Å². The molecule has 1 aliphatic rings. The van der Waals surface area contributed by atoms with Gasteiger partial charge >= 0.3 is 0 Å². The van der Waals surface area contributed by atoms with E-state index in [-0.39, 0.29) is 30.8 Å². The van der Waals surface area contributed by atoms with E-state index in [0.717, 1.165) is 16.7 Å². The predicted molar refractivity (Wildman–Crippen MR) is 146 cm³/mol. The molecule has 4 rings (SSSR count). The number of nitrogens with zero attached hydrogens (tertiary/aromatic N) is 3. The second-order valence-corrected chi connectivity index (χ2v) is 11.3. The van der Waals surface area contributed by atoms with Gasteiger partial charge in [0.25, 0.3) is 5.91 Å². The minimum absolute atomic E-state index is 0.228. The van der Waals surface area contributed by atoms with E-state index in [2.05, 4.69) is 20.8 Å². The van der Waals surface area contributed by atoms with Crippen molar-refractivity contribution in [1.29, 1.82) is 0 Å². The number of amides is 2. The standard InChI is InChI=1S/C28H31N5O4S/c1-19-4-9-26(20(2)18-19)38(36,37)33-16-12-24(13-17-33)28(35)32-31-21(3)22-5-7-25(8-6-22)30-27(34)23-10-14-29-15-11-23/h4-11,14-15,18,24H,12-13,16-17H2,1-3H3,(H,30,34)(H,32,35)/b31-21+. The highest BCUT2D eigenvalue weighted by molar-refractivity contribution is 7.89. The summed E-state index contributed by atoms with van der Waals surface area (Å²) >= 11 is 0. The third-order valence-electron chi connectivity index (χ3n) is 6.61. The summed E-state index contributed by atoms with van der Waals surface area (Å²) in [5.74, 6) is -0.775. The summed E-state index contributed by atoms with van der Waals surface area (Å²) in [7, 11) is -3.60. The van der Waals surface area contributed by atoms with Gasteiger partial charge in [0, 0.05) is 42.7 Å². The van der Waals surface area contributed by atoms with Crippen molar-refractivity contribution in [2.45, 2.75) is 38.5 Å². The monoisotopic (exact) mass is 533 g/mol. The molecule has 2 amide bonds. The van der Waals surface area contributed by atoms with E-state index in [4.69, 9.17) is 0 Å². The number of nitrogens with one attached hydrogen (secondary N) is 2. The maximum absolute atomic E-state index is 13.1. The van der Waals surface area contributed by atoms with Gasteiger partial charge in [-0.25, -0.2) is 13.8 Å². The van der Waals surface area contributed by atoms with Gasteiger partial charge in [0.05, 0.1) is 10.6 Å². The molecule has 1 fully saturated rings. The number of hydrogen-bond acceptors (Lipinski definition) is 6. The number of hydrazone groups is 1. The Kier molecular flexibility index (Phi) is 8.33. The van der Waals surface area contributed by atoms with E-state index in [1.54, 1.807) is 62.6 Å². The van der Waals surface area contributed by atoms with Crippen LogP contribution in [-0.2, 0) is 14.8 Å². The zero-order chi connectivity index (χ0) is 27.3. The predicted octanol–water partition coefficient (Wildman–Crippen LogP) is 3.89. The van der Waals surface area contributed by atoms with Crippen LogP contribution in [0.3, 0.4) is 0 Å². The highest BCUT2D eigenvalue weighted by Gasteiger charge is 2.32. The minimum Gasteiger partial charge on any atom is -0.322 e. The third kappa shape index (κ3) is 6.32. The van der Waals surface area contributed by atoms with Crippen LogP contribution in [0.5, 0.6) is 0 Å². The molecule has 198 valence electrons. The topological polar surface area (TPSA) is 121 Å². The Hall–Kier alpha value is -3.89. The van der Waals surface area contributed by atoms with E-state index in [0.29, 0.717) is 34.7 Å². The molecule has 0 radical (unpaired) electrons. The van der Waals surface area contributed by atoms with Gasteiger partial charge in [0.1, 0.15) is 0 Å². The molecule has 0 unspecified atom stereocenters. The lowest BCUT2D eigenvalue weighted by Crippen LogP contribution is -2.42. The Morgan fingerprint density at radius 1 is 0.947 bits per heavy atom. The zero-order valence-electron chi connectivity index (χ0n) is 21.6. The normalized spacial score (nSPS) is 15.2. The number of aromatic nitrogens is 1. The van der Waals surface area contributed by atoms with Crippen LogP contribution in [-0.4, -0.2) is 48.3 Å². The largest absolute Gasteiger partial charge is 0.322 e. The fourth-order valence-corrected chi connectivity index (χ4v) is 6.06. The second-order valence-electron chi connectivity index (χ2n) is 9.39. The average Bonchev–Trinajstić information content (AvgIpc) is 2.92. The van der Waals surface area contributed by atoms with Gasteiger partial charge in [-0.15, -0.1) is 0 Å². The van der Waals surface area contributed by atoms with Crippen molar-refractivity contribution in [2.24, 2.45) is 11.0 Å². The molecule has 0 bridgehead atoms. The van der Waals surface area contributed by atoms with Crippen molar-refractivity contribution < 1.29 is 18.0 Å². The van der Waals surface area contributed by atoms with Crippen LogP contribution in [0.15, 0.2) is 77.0 Å². The average molecular weight is 534 g/mol. The van der Waals surface area contributed by atoms with Gasteiger partial charge in [0.15, 0.2) is 0 Å². The SMILES string of the molecule is C/C(=N\NC(=O)C1CCN(S(=O)(=O)c2ccc(C)cc2C)CC1)c1ccc(NC(=O)c2ccncc2)cc1. The quantitative estimate of drug-likeness (QED) is 0.353. The second kappa shape index (κ2) is 11.7. The lowest BCUT2D eigenvalue weighted by molar-refractivity contribution is -0.126. The number of sulfonamides is 1. The molecular weight excluding hydrogens is 502 g/mol. The van der Waals surface area contributed by atoms with Gasteiger partial charge < -0.3 is 5.32 Å².